The number of urea groups is 1. The average Bonchev–Trinajstić information content (AvgIpc) is 3.10. The molecule has 3 N–H and O–H groups in total. The van der Waals surface area contributed by atoms with Crippen LogP contribution in [0.2, 0.25) is 0 Å². The Balaban J connectivity index is 1.92. The van der Waals surface area contributed by atoms with E-state index < -0.39 is 11.5 Å². The summed E-state index contributed by atoms with van der Waals surface area (Å²) < 4.78 is 0. The maximum Gasteiger partial charge on any atom is 0.329 e. The standard InChI is InChI=1S/C13H22N2O4/c1-13(11(17)18,10-2-3-10)14-12(19)15-6-4-9(8-15)5-7-16/h9-10,16H,2-8H2,1H3,(H,14,19)(H,17,18). The van der Waals surface area contributed by atoms with Crippen molar-refractivity contribution < 1.29 is 19.8 Å². The van der Waals surface area contributed by atoms with E-state index in [9.17, 15) is 14.7 Å². The van der Waals surface area contributed by atoms with Crippen LogP contribution in [0.4, 0.5) is 4.79 Å². The minimum Gasteiger partial charge on any atom is -0.480 e. The summed E-state index contributed by atoms with van der Waals surface area (Å²) >= 11 is 0. The molecule has 0 aromatic rings. The first-order valence-electron chi connectivity index (χ1n) is 6.88. The third-order valence-corrected chi connectivity index (χ3v) is 4.32. The van der Waals surface area contributed by atoms with E-state index in [4.69, 9.17) is 5.11 Å². The van der Waals surface area contributed by atoms with Crippen molar-refractivity contribution in [1.29, 1.82) is 0 Å². The summed E-state index contributed by atoms with van der Waals surface area (Å²) in [6.07, 6.45) is 3.29. The summed E-state index contributed by atoms with van der Waals surface area (Å²) in [5.74, 6) is -0.591. The molecule has 0 aromatic carbocycles. The molecule has 19 heavy (non-hydrogen) atoms. The van der Waals surface area contributed by atoms with Gasteiger partial charge in [-0.15, -0.1) is 0 Å². The van der Waals surface area contributed by atoms with Crippen molar-refractivity contribution >= 4 is 12.0 Å². The van der Waals surface area contributed by atoms with Gasteiger partial charge >= 0.3 is 12.0 Å². The van der Waals surface area contributed by atoms with Crippen molar-refractivity contribution in [2.45, 2.75) is 38.1 Å². The minimum absolute atomic E-state index is 0.0461. The molecule has 2 atom stereocenters. The highest BCUT2D eigenvalue weighted by Crippen LogP contribution is 2.40. The molecule has 2 rings (SSSR count). The molecule has 1 saturated heterocycles. The molecular weight excluding hydrogens is 248 g/mol. The van der Waals surface area contributed by atoms with E-state index in [0.29, 0.717) is 25.4 Å². The molecule has 2 fully saturated rings. The number of carboxylic acids is 1. The number of aliphatic hydroxyl groups is 1. The molecule has 0 spiro atoms. The molecule has 1 heterocycles. The number of carbonyl (C=O) groups is 2. The molecule has 2 amide bonds. The van der Waals surface area contributed by atoms with E-state index in [1.54, 1.807) is 11.8 Å². The molecule has 0 radical (unpaired) electrons. The predicted octanol–water partition coefficient (Wildman–Crippen LogP) is 0.654. The second-order valence-corrected chi connectivity index (χ2v) is 5.82. The van der Waals surface area contributed by atoms with Crippen LogP contribution in [0.3, 0.4) is 0 Å². The van der Waals surface area contributed by atoms with E-state index in [0.717, 1.165) is 19.3 Å². The van der Waals surface area contributed by atoms with Crippen molar-refractivity contribution in [1.82, 2.24) is 10.2 Å². The Morgan fingerprint density at radius 1 is 1.37 bits per heavy atom. The Labute approximate surface area is 112 Å². The Hall–Kier alpha value is -1.30. The van der Waals surface area contributed by atoms with Crippen LogP contribution in [-0.2, 0) is 4.79 Å². The number of rotatable bonds is 5. The molecule has 1 saturated carbocycles. The quantitative estimate of drug-likeness (QED) is 0.684. The summed E-state index contributed by atoms with van der Waals surface area (Å²) in [7, 11) is 0. The Morgan fingerprint density at radius 2 is 2.05 bits per heavy atom. The van der Waals surface area contributed by atoms with Crippen molar-refractivity contribution in [2.75, 3.05) is 19.7 Å². The first-order valence-corrected chi connectivity index (χ1v) is 6.88. The first kappa shape index (κ1) is 14.1. The zero-order valence-corrected chi connectivity index (χ0v) is 11.3. The van der Waals surface area contributed by atoms with Gasteiger partial charge in [-0.1, -0.05) is 0 Å². The van der Waals surface area contributed by atoms with Crippen LogP contribution in [0.1, 0.15) is 32.6 Å². The number of likely N-dealkylation sites (tertiary alicyclic amines) is 1. The van der Waals surface area contributed by atoms with Gasteiger partial charge in [0.25, 0.3) is 0 Å². The topological polar surface area (TPSA) is 89.9 Å². The average molecular weight is 270 g/mol. The fraction of sp³-hybridized carbons (Fsp3) is 0.846. The second-order valence-electron chi connectivity index (χ2n) is 5.82. The number of amides is 2. The van der Waals surface area contributed by atoms with E-state index in [1.807, 2.05) is 0 Å². The number of aliphatic hydroxyl groups excluding tert-OH is 1. The highest BCUT2D eigenvalue weighted by Gasteiger charge is 2.49. The van der Waals surface area contributed by atoms with Gasteiger partial charge in [-0.05, 0) is 44.4 Å². The number of hydrogen-bond acceptors (Lipinski definition) is 3. The fourth-order valence-electron chi connectivity index (χ4n) is 2.73. The number of hydrogen-bond donors (Lipinski definition) is 3. The number of carboxylic acid groups (broad SMARTS) is 1. The monoisotopic (exact) mass is 270 g/mol. The molecule has 2 unspecified atom stereocenters. The van der Waals surface area contributed by atoms with Gasteiger partial charge in [-0.3, -0.25) is 0 Å². The van der Waals surface area contributed by atoms with Crippen LogP contribution >= 0.6 is 0 Å². The van der Waals surface area contributed by atoms with Gasteiger partial charge < -0.3 is 20.4 Å². The van der Waals surface area contributed by atoms with Crippen molar-refractivity contribution in [3.8, 4) is 0 Å². The van der Waals surface area contributed by atoms with E-state index >= 15 is 0 Å². The summed E-state index contributed by atoms with van der Waals surface area (Å²) in [6, 6.07) is -0.294. The van der Waals surface area contributed by atoms with Gasteiger partial charge in [0.15, 0.2) is 0 Å². The Kier molecular flexibility index (Phi) is 3.99. The van der Waals surface area contributed by atoms with Gasteiger partial charge in [0.1, 0.15) is 5.54 Å². The minimum atomic E-state index is -1.15. The largest absolute Gasteiger partial charge is 0.480 e. The van der Waals surface area contributed by atoms with E-state index in [1.165, 1.54) is 0 Å². The number of nitrogens with zero attached hydrogens (tertiary/aromatic N) is 1. The van der Waals surface area contributed by atoms with Crippen LogP contribution in [-0.4, -0.2) is 52.3 Å². The highest BCUT2D eigenvalue weighted by molar-refractivity contribution is 5.86. The Morgan fingerprint density at radius 3 is 2.58 bits per heavy atom. The molecule has 0 bridgehead atoms. The lowest BCUT2D eigenvalue weighted by Crippen LogP contribution is -2.57. The third kappa shape index (κ3) is 3.00. The number of aliphatic carboxylic acids is 1. The molecular formula is C13H22N2O4. The van der Waals surface area contributed by atoms with E-state index in [-0.39, 0.29) is 18.6 Å². The van der Waals surface area contributed by atoms with E-state index in [2.05, 4.69) is 5.32 Å². The van der Waals surface area contributed by atoms with Crippen molar-refractivity contribution in [3.05, 3.63) is 0 Å². The SMILES string of the molecule is CC(NC(=O)N1CCC(CCO)C1)(C(=O)O)C1CC1. The molecule has 1 aliphatic carbocycles. The van der Waals surface area contributed by atoms with Crippen LogP contribution in [0.15, 0.2) is 0 Å². The van der Waals surface area contributed by atoms with Crippen LogP contribution in [0.25, 0.3) is 0 Å². The summed E-state index contributed by atoms with van der Waals surface area (Å²) in [5, 5.41) is 20.9. The van der Waals surface area contributed by atoms with Gasteiger partial charge in [0.2, 0.25) is 0 Å². The van der Waals surface area contributed by atoms with Gasteiger partial charge in [-0.2, -0.15) is 0 Å². The lowest BCUT2D eigenvalue weighted by molar-refractivity contribution is -0.144. The molecule has 2 aliphatic rings. The Bertz CT molecular complexity index is 370. The van der Waals surface area contributed by atoms with Gasteiger partial charge in [-0.25, -0.2) is 9.59 Å². The fourth-order valence-corrected chi connectivity index (χ4v) is 2.73. The summed E-state index contributed by atoms with van der Waals surface area (Å²) in [4.78, 5) is 25.1. The molecule has 0 aromatic heterocycles. The second kappa shape index (κ2) is 5.36. The lowest BCUT2D eigenvalue weighted by Gasteiger charge is -2.29. The van der Waals surface area contributed by atoms with Crippen LogP contribution in [0.5, 0.6) is 0 Å². The van der Waals surface area contributed by atoms with Crippen LogP contribution in [0, 0.1) is 11.8 Å². The number of carbonyl (C=O) groups excluding carboxylic acids is 1. The molecule has 108 valence electrons. The molecule has 1 aliphatic heterocycles. The summed E-state index contributed by atoms with van der Waals surface area (Å²) in [6.45, 7) is 2.96. The van der Waals surface area contributed by atoms with Gasteiger partial charge in [0.05, 0.1) is 0 Å². The smallest absolute Gasteiger partial charge is 0.329 e. The zero-order valence-electron chi connectivity index (χ0n) is 11.3. The zero-order chi connectivity index (χ0) is 14.0. The first-order chi connectivity index (χ1) is 8.97. The normalized spacial score (nSPS) is 26.0. The molecule has 6 heteroatoms. The van der Waals surface area contributed by atoms with Crippen LogP contribution < -0.4 is 5.32 Å². The number of nitrogens with one attached hydrogen (secondary N) is 1. The summed E-state index contributed by atoms with van der Waals surface area (Å²) in [5.41, 5.74) is -1.15. The third-order valence-electron chi connectivity index (χ3n) is 4.32. The highest BCUT2D eigenvalue weighted by atomic mass is 16.4. The van der Waals surface area contributed by atoms with Crippen molar-refractivity contribution in [2.24, 2.45) is 11.8 Å². The lowest BCUT2D eigenvalue weighted by atomic mass is 9.96. The maximum absolute atomic E-state index is 12.1. The maximum atomic E-state index is 12.1. The van der Waals surface area contributed by atoms with Gasteiger partial charge in [0, 0.05) is 19.7 Å². The van der Waals surface area contributed by atoms with Crippen molar-refractivity contribution in [3.63, 3.8) is 0 Å². The predicted molar refractivity (Wildman–Crippen MR) is 68.7 cm³/mol. The molecule has 6 nitrogen and oxygen atoms in total.